The lowest BCUT2D eigenvalue weighted by molar-refractivity contribution is 0.0638. The van der Waals surface area contributed by atoms with E-state index in [0.29, 0.717) is 18.4 Å². The minimum absolute atomic E-state index is 0.0965. The van der Waals surface area contributed by atoms with E-state index in [0.717, 1.165) is 18.9 Å². The number of hydrogen-bond donors (Lipinski definition) is 1. The summed E-state index contributed by atoms with van der Waals surface area (Å²) in [5.41, 5.74) is 0.377. The average Bonchev–Trinajstić information content (AvgIpc) is 2.38. The molecule has 0 radical (unpaired) electrons. The summed E-state index contributed by atoms with van der Waals surface area (Å²) in [6.07, 6.45) is 2.46. The van der Waals surface area contributed by atoms with Crippen LogP contribution in [-0.4, -0.2) is 37.0 Å². The van der Waals surface area contributed by atoms with Gasteiger partial charge in [-0.25, -0.2) is 12.8 Å². The third-order valence-electron chi connectivity index (χ3n) is 3.95. The summed E-state index contributed by atoms with van der Waals surface area (Å²) in [7, 11) is -2.23. The van der Waals surface area contributed by atoms with E-state index in [4.69, 9.17) is 0 Å². The Bertz CT molecular complexity index is 588. The van der Waals surface area contributed by atoms with Gasteiger partial charge in [0.2, 0.25) is 10.0 Å². The van der Waals surface area contributed by atoms with Gasteiger partial charge in [-0.2, -0.15) is 4.31 Å². The van der Waals surface area contributed by atoms with Crippen LogP contribution >= 0.6 is 0 Å². The fraction of sp³-hybridized carbons (Fsp3) is 0.571. The summed E-state index contributed by atoms with van der Waals surface area (Å²) < 4.78 is 39.5. The molecule has 1 aliphatic carbocycles. The number of aliphatic hydroxyl groups is 1. The van der Waals surface area contributed by atoms with Gasteiger partial charge in [0.05, 0.1) is 17.0 Å². The van der Waals surface area contributed by atoms with Gasteiger partial charge in [-0.3, -0.25) is 0 Å². The van der Waals surface area contributed by atoms with Crippen molar-refractivity contribution in [3.63, 3.8) is 0 Å². The summed E-state index contributed by atoms with van der Waals surface area (Å²) in [4.78, 5) is 0.0965. The molecule has 1 N–H and O–H groups in total. The van der Waals surface area contributed by atoms with Crippen molar-refractivity contribution < 1.29 is 17.9 Å². The number of likely N-dealkylation sites (N-methyl/N-ethyl adjacent to an activating group) is 1. The van der Waals surface area contributed by atoms with E-state index < -0.39 is 28.0 Å². The van der Waals surface area contributed by atoms with E-state index in [2.05, 4.69) is 0 Å². The summed E-state index contributed by atoms with van der Waals surface area (Å²) in [5, 5.41) is 10.00. The Kier molecular flexibility index (Phi) is 4.46. The predicted molar refractivity (Wildman–Crippen MR) is 74.3 cm³/mol. The van der Waals surface area contributed by atoms with Crippen LogP contribution in [0.1, 0.15) is 31.2 Å². The van der Waals surface area contributed by atoms with Crippen LogP contribution in [-0.2, 0) is 10.0 Å². The average molecular weight is 301 g/mol. The topological polar surface area (TPSA) is 57.6 Å². The second kappa shape index (κ2) is 5.79. The van der Waals surface area contributed by atoms with E-state index in [1.54, 1.807) is 6.92 Å². The Balaban J connectivity index is 2.33. The van der Waals surface area contributed by atoms with Crippen LogP contribution in [0, 0.1) is 12.7 Å². The van der Waals surface area contributed by atoms with Crippen molar-refractivity contribution in [2.24, 2.45) is 0 Å². The molecule has 2 atom stereocenters. The van der Waals surface area contributed by atoms with Gasteiger partial charge in [0.1, 0.15) is 5.82 Å². The van der Waals surface area contributed by atoms with Gasteiger partial charge >= 0.3 is 0 Å². The molecule has 0 aromatic heterocycles. The highest BCUT2D eigenvalue weighted by Crippen LogP contribution is 2.28. The number of hydrogen-bond acceptors (Lipinski definition) is 3. The molecule has 1 aromatic carbocycles. The van der Waals surface area contributed by atoms with Crippen molar-refractivity contribution in [1.29, 1.82) is 0 Å². The maximum Gasteiger partial charge on any atom is 0.243 e. The van der Waals surface area contributed by atoms with E-state index in [1.165, 1.54) is 23.5 Å². The van der Waals surface area contributed by atoms with E-state index >= 15 is 0 Å². The molecule has 0 spiro atoms. The van der Waals surface area contributed by atoms with Crippen LogP contribution < -0.4 is 0 Å². The van der Waals surface area contributed by atoms with Crippen molar-refractivity contribution in [2.75, 3.05) is 7.05 Å². The smallest absolute Gasteiger partial charge is 0.243 e. The zero-order valence-corrected chi connectivity index (χ0v) is 12.5. The molecule has 112 valence electrons. The van der Waals surface area contributed by atoms with Gasteiger partial charge < -0.3 is 5.11 Å². The maximum absolute atomic E-state index is 13.1. The molecule has 6 heteroatoms. The number of rotatable bonds is 3. The lowest BCUT2D eigenvalue weighted by Gasteiger charge is -2.34. The molecule has 0 aliphatic heterocycles. The first-order chi connectivity index (χ1) is 9.34. The van der Waals surface area contributed by atoms with Gasteiger partial charge in [-0.15, -0.1) is 0 Å². The molecule has 1 saturated carbocycles. The van der Waals surface area contributed by atoms with E-state index in [-0.39, 0.29) is 4.90 Å². The summed E-state index contributed by atoms with van der Waals surface area (Å²) in [6, 6.07) is 3.23. The molecule has 2 rings (SSSR count). The predicted octanol–water partition coefficient (Wildman–Crippen LogP) is 2.06. The van der Waals surface area contributed by atoms with Gasteiger partial charge in [0.15, 0.2) is 0 Å². The molecule has 1 aliphatic rings. The number of nitrogens with zero attached hydrogens (tertiary/aromatic N) is 1. The lowest BCUT2D eigenvalue weighted by Crippen LogP contribution is -2.46. The number of aryl methyl sites for hydroxylation is 1. The highest BCUT2D eigenvalue weighted by molar-refractivity contribution is 7.89. The van der Waals surface area contributed by atoms with Crippen LogP contribution in [0.15, 0.2) is 23.1 Å². The Hall–Kier alpha value is -0.980. The molecule has 4 nitrogen and oxygen atoms in total. The standard InChI is InChI=1S/C14H20FNO3S/c1-10-9-11(15)7-8-14(10)20(18,19)16(2)12-5-3-4-6-13(12)17/h7-9,12-13,17H,3-6H2,1-2H3. The SMILES string of the molecule is Cc1cc(F)ccc1S(=O)(=O)N(C)C1CCCCC1O. The molecule has 0 bridgehead atoms. The fourth-order valence-electron chi connectivity index (χ4n) is 2.75. The van der Waals surface area contributed by atoms with Gasteiger partial charge in [0.25, 0.3) is 0 Å². The molecule has 20 heavy (non-hydrogen) atoms. The Morgan fingerprint density at radius 1 is 1.30 bits per heavy atom. The molecular weight excluding hydrogens is 281 g/mol. The fourth-order valence-corrected chi connectivity index (χ4v) is 4.37. The third-order valence-corrected chi connectivity index (χ3v) is 6.00. The lowest BCUT2D eigenvalue weighted by atomic mass is 9.93. The van der Waals surface area contributed by atoms with Crippen LogP contribution in [0.2, 0.25) is 0 Å². The summed E-state index contributed by atoms with van der Waals surface area (Å²) in [5.74, 6) is -0.457. The monoisotopic (exact) mass is 301 g/mol. The Labute approximate surface area is 119 Å². The van der Waals surface area contributed by atoms with Crippen LogP contribution in [0.4, 0.5) is 4.39 Å². The highest BCUT2D eigenvalue weighted by Gasteiger charge is 2.34. The normalized spacial score (nSPS) is 24.1. The van der Waals surface area contributed by atoms with Crippen molar-refractivity contribution in [2.45, 2.75) is 49.6 Å². The molecule has 1 fully saturated rings. The zero-order chi connectivity index (χ0) is 14.9. The molecular formula is C14H20FNO3S. The largest absolute Gasteiger partial charge is 0.391 e. The summed E-state index contributed by atoms with van der Waals surface area (Å²) in [6.45, 7) is 1.57. The molecule has 0 saturated heterocycles. The van der Waals surface area contributed by atoms with Gasteiger partial charge in [0, 0.05) is 7.05 Å². The number of benzene rings is 1. The molecule has 0 heterocycles. The van der Waals surface area contributed by atoms with Crippen molar-refractivity contribution in [3.8, 4) is 0 Å². The second-order valence-electron chi connectivity index (χ2n) is 5.35. The minimum Gasteiger partial charge on any atom is -0.391 e. The third kappa shape index (κ3) is 2.87. The second-order valence-corrected chi connectivity index (χ2v) is 7.32. The Morgan fingerprint density at radius 3 is 2.55 bits per heavy atom. The van der Waals surface area contributed by atoms with Crippen LogP contribution in [0.3, 0.4) is 0 Å². The van der Waals surface area contributed by atoms with Crippen molar-refractivity contribution >= 4 is 10.0 Å². The molecule has 0 amide bonds. The number of halogens is 1. The first-order valence-electron chi connectivity index (χ1n) is 6.76. The first-order valence-corrected chi connectivity index (χ1v) is 8.20. The first kappa shape index (κ1) is 15.4. The van der Waals surface area contributed by atoms with Gasteiger partial charge in [-0.05, 0) is 43.5 Å². The zero-order valence-electron chi connectivity index (χ0n) is 11.7. The van der Waals surface area contributed by atoms with Crippen LogP contribution in [0.25, 0.3) is 0 Å². The van der Waals surface area contributed by atoms with Crippen LogP contribution in [0.5, 0.6) is 0 Å². The maximum atomic E-state index is 13.1. The molecule has 2 unspecified atom stereocenters. The highest BCUT2D eigenvalue weighted by atomic mass is 32.2. The number of aliphatic hydroxyl groups excluding tert-OH is 1. The minimum atomic E-state index is -3.71. The Morgan fingerprint density at radius 2 is 1.95 bits per heavy atom. The molecule has 1 aromatic rings. The van der Waals surface area contributed by atoms with Crippen molar-refractivity contribution in [3.05, 3.63) is 29.6 Å². The van der Waals surface area contributed by atoms with E-state index in [9.17, 15) is 17.9 Å². The van der Waals surface area contributed by atoms with Crippen molar-refractivity contribution in [1.82, 2.24) is 4.31 Å². The number of sulfonamides is 1. The van der Waals surface area contributed by atoms with E-state index in [1.807, 2.05) is 0 Å². The van der Waals surface area contributed by atoms with Gasteiger partial charge in [-0.1, -0.05) is 12.8 Å². The summed E-state index contributed by atoms with van der Waals surface area (Å²) >= 11 is 0. The quantitative estimate of drug-likeness (QED) is 0.929.